The first-order valence-corrected chi connectivity index (χ1v) is 13.2. The minimum atomic E-state index is -1.32. The quantitative estimate of drug-likeness (QED) is 0.378. The maximum Gasteiger partial charge on any atom is 0.333 e. The molecule has 0 unspecified atom stereocenters. The first kappa shape index (κ1) is 26.7. The second kappa shape index (κ2) is 10.7. The molecule has 1 N–H and O–H groups in total. The molecule has 12 heteroatoms. The van der Waals surface area contributed by atoms with Gasteiger partial charge in [0.25, 0.3) is 5.56 Å². The molecule has 0 spiro atoms. The van der Waals surface area contributed by atoms with Gasteiger partial charge in [0.1, 0.15) is 12.4 Å². The summed E-state index contributed by atoms with van der Waals surface area (Å²) in [7, 11) is 0. The average molecular weight is 570 g/mol. The number of nitrogens with zero attached hydrogens (tertiary/aromatic N) is 5. The summed E-state index contributed by atoms with van der Waals surface area (Å²) in [6.07, 6.45) is 1.31. The molecule has 0 bridgehead atoms. The van der Waals surface area contributed by atoms with Crippen LogP contribution in [0.25, 0.3) is 28.2 Å². The van der Waals surface area contributed by atoms with Gasteiger partial charge in [-0.3, -0.25) is 23.5 Å². The Bertz CT molecular complexity index is 1700. The number of carbonyl (C=O) groups excluding carboxylic acids is 1. The highest BCUT2D eigenvalue weighted by molar-refractivity contribution is 6.33. The molecule has 3 heterocycles. The fourth-order valence-corrected chi connectivity index (χ4v) is 5.38. The van der Waals surface area contributed by atoms with Crippen LogP contribution in [0.4, 0.5) is 0 Å². The number of aliphatic carboxylic acids is 1. The fraction of sp³-hybridized carbons (Fsp3) is 0.296. The highest BCUT2D eigenvalue weighted by Gasteiger charge is 2.28. The zero-order valence-corrected chi connectivity index (χ0v) is 22.5. The van der Waals surface area contributed by atoms with Crippen molar-refractivity contribution in [3.05, 3.63) is 79.4 Å². The number of carboxylic acid groups (broad SMARTS) is 1. The van der Waals surface area contributed by atoms with E-state index < -0.39 is 23.8 Å². The number of amides is 1. The Balaban J connectivity index is 1.79. The molecule has 2 aromatic heterocycles. The summed E-state index contributed by atoms with van der Waals surface area (Å²) in [5, 5.41) is 10.4. The summed E-state index contributed by atoms with van der Waals surface area (Å²) in [6.45, 7) is 2.04. The molecule has 1 saturated heterocycles. The minimum absolute atomic E-state index is 0.00546. The number of rotatable bonds is 6. The molecule has 1 aliphatic heterocycles. The summed E-state index contributed by atoms with van der Waals surface area (Å²) in [4.78, 5) is 57.3. The van der Waals surface area contributed by atoms with Crippen molar-refractivity contribution >= 4 is 46.2 Å². The van der Waals surface area contributed by atoms with Gasteiger partial charge in [-0.05, 0) is 55.2 Å². The van der Waals surface area contributed by atoms with Crippen molar-refractivity contribution < 1.29 is 14.7 Å². The normalized spacial score (nSPS) is 14.2. The monoisotopic (exact) mass is 569 g/mol. The van der Waals surface area contributed by atoms with Crippen molar-refractivity contribution in [3.63, 3.8) is 0 Å². The molecular formula is C27H25Cl2N5O5. The van der Waals surface area contributed by atoms with Gasteiger partial charge in [-0.2, -0.15) is 0 Å². The van der Waals surface area contributed by atoms with E-state index in [2.05, 4.69) is 0 Å². The molecule has 0 aliphatic carbocycles. The van der Waals surface area contributed by atoms with E-state index in [9.17, 15) is 24.3 Å². The van der Waals surface area contributed by atoms with Crippen LogP contribution < -0.4 is 11.2 Å². The smallest absolute Gasteiger partial charge is 0.333 e. The van der Waals surface area contributed by atoms with E-state index in [0.29, 0.717) is 53.1 Å². The Morgan fingerprint density at radius 3 is 2.28 bits per heavy atom. The van der Waals surface area contributed by atoms with Gasteiger partial charge in [0, 0.05) is 42.8 Å². The second-order valence-corrected chi connectivity index (χ2v) is 10.4. The molecule has 1 fully saturated rings. The van der Waals surface area contributed by atoms with Crippen LogP contribution in [-0.4, -0.2) is 53.7 Å². The third-order valence-electron chi connectivity index (χ3n) is 7.02. The fourth-order valence-electron chi connectivity index (χ4n) is 5.03. The molecule has 2 aromatic carbocycles. The van der Waals surface area contributed by atoms with Crippen molar-refractivity contribution in [1.82, 2.24) is 23.6 Å². The Morgan fingerprint density at radius 1 is 1.00 bits per heavy atom. The molecule has 0 atom stereocenters. The summed E-state index contributed by atoms with van der Waals surface area (Å²) < 4.78 is 3.68. The van der Waals surface area contributed by atoms with Crippen LogP contribution in [-0.2, 0) is 22.7 Å². The van der Waals surface area contributed by atoms with Gasteiger partial charge in [0.15, 0.2) is 11.2 Å². The number of piperidine rings is 1. The Kier molecular flexibility index (Phi) is 7.33. The van der Waals surface area contributed by atoms with E-state index in [0.717, 1.165) is 4.57 Å². The number of fused-ring (bicyclic) bond motifs is 1. The molecule has 1 aliphatic rings. The zero-order valence-electron chi connectivity index (χ0n) is 21.0. The van der Waals surface area contributed by atoms with Gasteiger partial charge in [-0.1, -0.05) is 35.3 Å². The van der Waals surface area contributed by atoms with Gasteiger partial charge in [-0.25, -0.2) is 14.3 Å². The summed E-state index contributed by atoms with van der Waals surface area (Å²) >= 11 is 12.7. The highest BCUT2D eigenvalue weighted by atomic mass is 35.5. The zero-order chi connectivity index (χ0) is 27.8. The number of benzene rings is 2. The number of hydrogen-bond donors (Lipinski definition) is 1. The van der Waals surface area contributed by atoms with Gasteiger partial charge >= 0.3 is 11.7 Å². The van der Waals surface area contributed by atoms with Crippen molar-refractivity contribution in [1.29, 1.82) is 0 Å². The first-order chi connectivity index (χ1) is 18.7. The van der Waals surface area contributed by atoms with E-state index in [4.69, 9.17) is 28.2 Å². The van der Waals surface area contributed by atoms with E-state index in [1.807, 2.05) is 0 Å². The highest BCUT2D eigenvalue weighted by Crippen LogP contribution is 2.32. The third-order valence-corrected chi connectivity index (χ3v) is 7.60. The Labute approximate surface area is 232 Å². The second-order valence-electron chi connectivity index (χ2n) is 9.53. The third kappa shape index (κ3) is 5.09. The molecule has 5 rings (SSSR count). The number of hydrogen-bond acceptors (Lipinski definition) is 5. The van der Waals surface area contributed by atoms with Crippen LogP contribution in [0.5, 0.6) is 0 Å². The Hall–Kier alpha value is -3.89. The number of aromatic nitrogens is 4. The minimum Gasteiger partial charge on any atom is -0.480 e. The van der Waals surface area contributed by atoms with E-state index in [1.165, 1.54) is 11.5 Å². The lowest BCUT2D eigenvalue weighted by molar-refractivity contribution is -0.137. The average Bonchev–Trinajstić information content (AvgIpc) is 3.30. The van der Waals surface area contributed by atoms with E-state index in [-0.39, 0.29) is 29.5 Å². The summed E-state index contributed by atoms with van der Waals surface area (Å²) in [5.74, 6) is -0.989. The van der Waals surface area contributed by atoms with E-state index in [1.54, 1.807) is 58.0 Å². The summed E-state index contributed by atoms with van der Waals surface area (Å²) in [6, 6.07) is 13.7. The maximum atomic E-state index is 13.8. The predicted molar refractivity (Wildman–Crippen MR) is 148 cm³/mol. The molecule has 39 heavy (non-hydrogen) atoms. The van der Waals surface area contributed by atoms with Crippen molar-refractivity contribution in [2.45, 2.75) is 32.9 Å². The number of likely N-dealkylation sites (tertiary alicyclic amines) is 1. The van der Waals surface area contributed by atoms with Crippen LogP contribution in [0.1, 0.15) is 19.8 Å². The van der Waals surface area contributed by atoms with Crippen molar-refractivity contribution in [2.24, 2.45) is 5.92 Å². The molecule has 4 aromatic rings. The number of imidazole rings is 1. The molecule has 202 valence electrons. The largest absolute Gasteiger partial charge is 0.480 e. The molecule has 1 amide bonds. The van der Waals surface area contributed by atoms with Gasteiger partial charge in [0.05, 0.1) is 5.02 Å². The lowest BCUT2D eigenvalue weighted by atomic mass is 9.96. The van der Waals surface area contributed by atoms with Gasteiger partial charge < -0.3 is 10.0 Å². The topological polar surface area (TPSA) is 119 Å². The number of carboxylic acids is 1. The molecular weight excluding hydrogens is 545 g/mol. The molecule has 10 nitrogen and oxygen atoms in total. The van der Waals surface area contributed by atoms with Crippen molar-refractivity contribution in [2.75, 3.05) is 13.1 Å². The van der Waals surface area contributed by atoms with Crippen LogP contribution in [0, 0.1) is 5.92 Å². The SMILES string of the molecule is CC(=O)N1CCC(Cn2c(=O)n(CC(=O)O)c(=O)c3c2nc(-c2ccccc2Cl)n3-c2ccc(Cl)cc2)CC1. The van der Waals surface area contributed by atoms with Gasteiger partial charge in [0.2, 0.25) is 5.91 Å². The van der Waals surface area contributed by atoms with Crippen LogP contribution in [0.3, 0.4) is 0 Å². The lowest BCUT2D eigenvalue weighted by Crippen LogP contribution is -2.44. The number of halogens is 2. The van der Waals surface area contributed by atoms with Gasteiger partial charge in [-0.15, -0.1) is 0 Å². The first-order valence-electron chi connectivity index (χ1n) is 12.4. The van der Waals surface area contributed by atoms with Crippen LogP contribution in [0.15, 0.2) is 58.1 Å². The molecule has 0 saturated carbocycles. The predicted octanol–water partition coefficient (Wildman–Crippen LogP) is 3.67. The van der Waals surface area contributed by atoms with E-state index >= 15 is 0 Å². The molecule has 0 radical (unpaired) electrons. The van der Waals surface area contributed by atoms with Crippen LogP contribution >= 0.6 is 23.2 Å². The standard InChI is InChI=1S/C27H25Cl2N5O5/c1-16(35)31-12-10-17(11-13-31)14-32-25-23(26(38)33(27(32)39)15-22(36)37)34(19-8-6-18(28)7-9-19)24(30-25)20-4-2-3-5-21(20)29/h2-9,17H,10-15H2,1H3,(H,36,37). The maximum absolute atomic E-state index is 13.8. The van der Waals surface area contributed by atoms with Crippen LogP contribution in [0.2, 0.25) is 10.0 Å². The summed E-state index contributed by atoms with van der Waals surface area (Å²) in [5.41, 5.74) is -0.282. The lowest BCUT2D eigenvalue weighted by Gasteiger charge is -2.31. The Morgan fingerprint density at radius 2 is 1.67 bits per heavy atom. The van der Waals surface area contributed by atoms with Crippen molar-refractivity contribution in [3.8, 4) is 17.1 Å². The number of carbonyl (C=O) groups is 2.